The summed E-state index contributed by atoms with van der Waals surface area (Å²) in [5, 5.41) is 10.9. The maximum atomic E-state index is 2.42. The number of fused-ring (bicyclic) bond motifs is 6. The van der Waals surface area contributed by atoms with E-state index in [1.54, 1.807) is 0 Å². The summed E-state index contributed by atoms with van der Waals surface area (Å²) in [4.78, 5) is 0. The molecule has 0 saturated carbocycles. The summed E-state index contributed by atoms with van der Waals surface area (Å²) in [6.45, 7) is 0. The molecule has 0 aliphatic carbocycles. The van der Waals surface area contributed by atoms with Crippen molar-refractivity contribution in [3.8, 4) is 22.3 Å². The molecule has 0 nitrogen and oxygen atoms in total. The van der Waals surface area contributed by atoms with Crippen molar-refractivity contribution in [2.75, 3.05) is 0 Å². The van der Waals surface area contributed by atoms with Crippen molar-refractivity contribution in [3.05, 3.63) is 194 Å². The molecule has 8 aromatic carbocycles. The van der Waals surface area contributed by atoms with E-state index < -0.39 is 8.07 Å². The third-order valence-corrected chi connectivity index (χ3v) is 17.7. The highest BCUT2D eigenvalue weighted by atomic mass is 32.1. The van der Waals surface area contributed by atoms with E-state index in [1.807, 2.05) is 22.7 Å². The van der Waals surface area contributed by atoms with Gasteiger partial charge in [0.1, 0.15) is 0 Å². The molecule has 0 aliphatic rings. The highest BCUT2D eigenvalue weighted by molar-refractivity contribution is 7.26. The van der Waals surface area contributed by atoms with Gasteiger partial charge in [-0.2, -0.15) is 0 Å². The van der Waals surface area contributed by atoms with Gasteiger partial charge in [-0.25, -0.2) is 0 Å². The van der Waals surface area contributed by atoms with E-state index in [4.69, 9.17) is 0 Å². The fourth-order valence-corrected chi connectivity index (χ4v) is 15.3. The van der Waals surface area contributed by atoms with Crippen molar-refractivity contribution in [1.82, 2.24) is 0 Å². The summed E-state index contributed by atoms with van der Waals surface area (Å²) in [5.41, 5.74) is 5.11. The van der Waals surface area contributed by atoms with Crippen LogP contribution in [0.25, 0.3) is 62.6 Å². The van der Waals surface area contributed by atoms with Crippen LogP contribution in [0.4, 0.5) is 0 Å². The molecule has 3 heteroatoms. The van der Waals surface area contributed by atoms with Crippen LogP contribution in [-0.4, -0.2) is 8.07 Å². The minimum Gasteiger partial charge on any atom is -0.135 e. The minimum atomic E-state index is -2.70. The standard InChI is InChI=1S/C48H32S2Si/c1-3-13-35(14-4-1)51(36-15-5-2-6-16-36,37-29-25-33(26-30-37)39-19-11-21-43-41-17-7-9-23-45(41)49-47(39)43)38-31-27-34(28-32-38)40-20-12-22-44-42-18-8-10-24-46(42)50-48(40)44/h1-32H. The van der Waals surface area contributed by atoms with E-state index in [0.717, 1.165) is 0 Å². The Morgan fingerprint density at radius 1 is 0.275 bits per heavy atom. The highest BCUT2D eigenvalue weighted by Crippen LogP contribution is 2.41. The first-order chi connectivity index (χ1) is 25.3. The molecular weight excluding hydrogens is 669 g/mol. The Hall–Kier alpha value is -5.58. The third kappa shape index (κ3) is 4.85. The van der Waals surface area contributed by atoms with Gasteiger partial charge in [0.25, 0.3) is 0 Å². The van der Waals surface area contributed by atoms with Crippen LogP contribution >= 0.6 is 22.7 Å². The zero-order chi connectivity index (χ0) is 33.8. The summed E-state index contributed by atoms with van der Waals surface area (Å²) in [7, 11) is -2.70. The second-order valence-corrected chi connectivity index (χ2v) is 19.1. The smallest absolute Gasteiger partial charge is 0.135 e. The van der Waals surface area contributed by atoms with Gasteiger partial charge in [-0.3, -0.25) is 0 Å². The summed E-state index contributed by atoms with van der Waals surface area (Å²) < 4.78 is 5.38. The Bertz CT molecular complexity index is 2630. The van der Waals surface area contributed by atoms with E-state index >= 15 is 0 Å². The molecule has 0 radical (unpaired) electrons. The lowest BCUT2D eigenvalue weighted by Crippen LogP contribution is -2.74. The summed E-state index contributed by atoms with van der Waals surface area (Å²) in [6, 6.07) is 72.6. The zero-order valence-corrected chi connectivity index (χ0v) is 30.4. The van der Waals surface area contributed by atoms with Crippen LogP contribution in [0.3, 0.4) is 0 Å². The number of hydrogen-bond donors (Lipinski definition) is 0. The fourth-order valence-electron chi connectivity index (χ4n) is 8.12. The van der Waals surface area contributed by atoms with Crippen molar-refractivity contribution in [2.45, 2.75) is 0 Å². The van der Waals surface area contributed by atoms with Gasteiger partial charge in [0, 0.05) is 40.3 Å². The number of benzene rings is 8. The van der Waals surface area contributed by atoms with Crippen molar-refractivity contribution in [3.63, 3.8) is 0 Å². The first-order valence-electron chi connectivity index (χ1n) is 17.4. The summed E-state index contributed by atoms with van der Waals surface area (Å²) in [5.74, 6) is 0. The maximum absolute atomic E-state index is 2.70. The first-order valence-corrected chi connectivity index (χ1v) is 21.1. The number of thiophene rings is 2. The number of hydrogen-bond acceptors (Lipinski definition) is 2. The van der Waals surface area contributed by atoms with Gasteiger partial charge in [0.05, 0.1) is 0 Å². The molecule has 51 heavy (non-hydrogen) atoms. The Kier molecular flexibility index (Phi) is 7.31. The molecule has 0 saturated heterocycles. The van der Waals surface area contributed by atoms with Gasteiger partial charge in [0.15, 0.2) is 8.07 Å². The average molecular weight is 701 g/mol. The largest absolute Gasteiger partial charge is 0.179 e. The predicted octanol–water partition coefficient (Wildman–Crippen LogP) is 11.1. The molecule has 0 bridgehead atoms. The lowest BCUT2D eigenvalue weighted by molar-refractivity contribution is 1.64. The van der Waals surface area contributed by atoms with Crippen LogP contribution in [0.2, 0.25) is 0 Å². The fraction of sp³-hybridized carbons (Fsp3) is 0. The molecule has 0 atom stereocenters. The topological polar surface area (TPSA) is 0 Å². The van der Waals surface area contributed by atoms with Crippen molar-refractivity contribution >= 4 is 91.8 Å². The molecular formula is C48H32S2Si. The van der Waals surface area contributed by atoms with Gasteiger partial charge in [-0.15, -0.1) is 22.7 Å². The first kappa shape index (κ1) is 30.3. The second kappa shape index (κ2) is 12.3. The normalized spacial score (nSPS) is 11.9. The van der Waals surface area contributed by atoms with Crippen molar-refractivity contribution in [1.29, 1.82) is 0 Å². The van der Waals surface area contributed by atoms with Gasteiger partial charge in [-0.05, 0) is 55.1 Å². The Morgan fingerprint density at radius 3 is 1.06 bits per heavy atom. The molecule has 2 aromatic heterocycles. The van der Waals surface area contributed by atoms with E-state index in [-0.39, 0.29) is 0 Å². The van der Waals surface area contributed by atoms with Crippen LogP contribution in [-0.2, 0) is 0 Å². The zero-order valence-electron chi connectivity index (χ0n) is 27.8. The van der Waals surface area contributed by atoms with Crippen LogP contribution in [0.15, 0.2) is 194 Å². The Labute approximate surface area is 306 Å². The molecule has 0 spiro atoms. The van der Waals surface area contributed by atoms with Crippen molar-refractivity contribution in [2.24, 2.45) is 0 Å². The summed E-state index contributed by atoms with van der Waals surface area (Å²) >= 11 is 3.79. The van der Waals surface area contributed by atoms with Crippen molar-refractivity contribution < 1.29 is 0 Å². The molecule has 0 amide bonds. The molecule has 10 aromatic rings. The van der Waals surface area contributed by atoms with Gasteiger partial charge < -0.3 is 0 Å². The molecule has 0 unspecified atom stereocenters. The van der Waals surface area contributed by atoms with Crippen LogP contribution in [0, 0.1) is 0 Å². The molecule has 0 fully saturated rings. The Morgan fingerprint density at radius 2 is 0.627 bits per heavy atom. The lowest BCUT2D eigenvalue weighted by atomic mass is 10.0. The van der Waals surface area contributed by atoms with Crippen LogP contribution in [0.5, 0.6) is 0 Å². The van der Waals surface area contributed by atoms with E-state index in [2.05, 4.69) is 194 Å². The van der Waals surface area contributed by atoms with E-state index in [0.29, 0.717) is 0 Å². The predicted molar refractivity (Wildman–Crippen MR) is 227 cm³/mol. The maximum Gasteiger partial charge on any atom is 0.179 e. The quantitative estimate of drug-likeness (QED) is 0.120. The van der Waals surface area contributed by atoms with Gasteiger partial charge >= 0.3 is 0 Å². The Balaban J connectivity index is 1.15. The van der Waals surface area contributed by atoms with Crippen LogP contribution in [0.1, 0.15) is 0 Å². The van der Waals surface area contributed by atoms with Gasteiger partial charge in [0.2, 0.25) is 0 Å². The third-order valence-electron chi connectivity index (χ3n) is 10.5. The summed E-state index contributed by atoms with van der Waals surface area (Å²) in [6.07, 6.45) is 0. The molecule has 0 aliphatic heterocycles. The minimum absolute atomic E-state index is 1.26. The number of rotatable bonds is 6. The average Bonchev–Trinajstić information content (AvgIpc) is 3.79. The van der Waals surface area contributed by atoms with Crippen LogP contribution < -0.4 is 20.7 Å². The second-order valence-electron chi connectivity index (χ2n) is 13.2. The molecule has 240 valence electrons. The van der Waals surface area contributed by atoms with E-state index in [9.17, 15) is 0 Å². The molecule has 0 N–H and O–H groups in total. The SMILES string of the molecule is c1ccc([Si](c2ccccc2)(c2ccc(-c3cccc4c3sc3ccccc34)cc2)c2ccc(-c3cccc4c3sc3ccccc34)cc2)cc1. The highest BCUT2D eigenvalue weighted by Gasteiger charge is 2.41. The monoisotopic (exact) mass is 700 g/mol. The van der Waals surface area contributed by atoms with Gasteiger partial charge in [-0.1, -0.05) is 182 Å². The molecule has 10 rings (SSSR count). The lowest BCUT2D eigenvalue weighted by Gasteiger charge is -2.34. The van der Waals surface area contributed by atoms with E-state index in [1.165, 1.54) is 83.3 Å². The molecule has 2 heterocycles.